The second-order valence-corrected chi connectivity index (χ2v) is 4.50. The van der Waals surface area contributed by atoms with Gasteiger partial charge in [-0.25, -0.2) is 0 Å². The van der Waals surface area contributed by atoms with Crippen LogP contribution in [0.25, 0.3) is 12.2 Å². The average Bonchev–Trinajstić information content (AvgIpc) is 2.47. The van der Waals surface area contributed by atoms with Gasteiger partial charge in [0.1, 0.15) is 11.5 Å². The van der Waals surface area contributed by atoms with Crippen molar-refractivity contribution in [3.8, 4) is 11.5 Å². The van der Waals surface area contributed by atoms with E-state index < -0.39 is 11.9 Å². The van der Waals surface area contributed by atoms with Gasteiger partial charge in [-0.15, -0.1) is 0 Å². The molecule has 2 rings (SSSR count). The minimum absolute atomic E-state index is 0.387. The van der Waals surface area contributed by atoms with E-state index in [9.17, 15) is 9.59 Å². The number of carbonyl (C=O) groups is 2. The summed E-state index contributed by atoms with van der Waals surface area (Å²) in [6, 6.07) is 8.49. The van der Waals surface area contributed by atoms with Crippen molar-refractivity contribution in [1.29, 1.82) is 0 Å². The number of esters is 2. The molecule has 0 atom stereocenters. The van der Waals surface area contributed by atoms with E-state index in [1.54, 1.807) is 36.7 Å². The number of hydrogen-bond acceptors (Lipinski definition) is 5. The van der Waals surface area contributed by atoms with E-state index >= 15 is 0 Å². The molecule has 0 bridgehead atoms. The number of aromatic nitrogens is 1. The van der Waals surface area contributed by atoms with Gasteiger partial charge in [-0.05, 0) is 35.9 Å². The summed E-state index contributed by atoms with van der Waals surface area (Å²) in [5.74, 6) is -0.0467. The SMILES string of the molecule is CC(=O)Oc1ccc(OC(C)=O)c(/C=C/c2ccncc2)c1. The lowest BCUT2D eigenvalue weighted by molar-refractivity contribution is -0.133. The van der Waals surface area contributed by atoms with Gasteiger partial charge in [0.25, 0.3) is 0 Å². The molecule has 0 N–H and O–H groups in total. The molecule has 1 aromatic carbocycles. The van der Waals surface area contributed by atoms with Gasteiger partial charge < -0.3 is 9.47 Å². The quantitative estimate of drug-likeness (QED) is 0.641. The number of carbonyl (C=O) groups excluding carboxylic acids is 2. The van der Waals surface area contributed by atoms with Gasteiger partial charge in [-0.2, -0.15) is 0 Å². The van der Waals surface area contributed by atoms with E-state index in [0.29, 0.717) is 17.1 Å². The monoisotopic (exact) mass is 297 g/mol. The van der Waals surface area contributed by atoms with Crippen molar-refractivity contribution in [3.05, 3.63) is 53.9 Å². The Morgan fingerprint density at radius 3 is 2.27 bits per heavy atom. The molecular formula is C17H15NO4. The predicted molar refractivity (Wildman–Crippen MR) is 82.2 cm³/mol. The lowest BCUT2D eigenvalue weighted by Gasteiger charge is -2.08. The Bertz CT molecular complexity index is 708. The second-order valence-electron chi connectivity index (χ2n) is 4.50. The van der Waals surface area contributed by atoms with Crippen LogP contribution in [0.2, 0.25) is 0 Å². The van der Waals surface area contributed by atoms with Gasteiger partial charge in [-0.1, -0.05) is 12.2 Å². The van der Waals surface area contributed by atoms with Crippen LogP contribution in [-0.4, -0.2) is 16.9 Å². The van der Waals surface area contributed by atoms with Crippen LogP contribution >= 0.6 is 0 Å². The maximum atomic E-state index is 11.2. The molecule has 0 aliphatic carbocycles. The fourth-order valence-electron chi connectivity index (χ4n) is 1.79. The van der Waals surface area contributed by atoms with Crippen molar-refractivity contribution in [2.45, 2.75) is 13.8 Å². The second kappa shape index (κ2) is 7.17. The molecule has 0 saturated heterocycles. The fourth-order valence-corrected chi connectivity index (χ4v) is 1.79. The van der Waals surface area contributed by atoms with Gasteiger partial charge in [0.05, 0.1) is 0 Å². The number of rotatable bonds is 4. The molecule has 5 nitrogen and oxygen atoms in total. The number of pyridine rings is 1. The summed E-state index contributed by atoms with van der Waals surface area (Å²) in [6.45, 7) is 2.66. The van der Waals surface area contributed by atoms with Crippen molar-refractivity contribution >= 4 is 24.1 Å². The Kier molecular flexibility index (Phi) is 5.03. The van der Waals surface area contributed by atoms with Crippen molar-refractivity contribution < 1.29 is 19.1 Å². The molecular weight excluding hydrogens is 282 g/mol. The number of hydrogen-bond donors (Lipinski definition) is 0. The first-order valence-corrected chi connectivity index (χ1v) is 6.63. The maximum absolute atomic E-state index is 11.2. The summed E-state index contributed by atoms with van der Waals surface area (Å²) in [4.78, 5) is 26.1. The highest BCUT2D eigenvalue weighted by molar-refractivity contribution is 5.77. The first-order chi connectivity index (χ1) is 10.5. The number of nitrogens with zero attached hydrogens (tertiary/aromatic N) is 1. The maximum Gasteiger partial charge on any atom is 0.308 e. The molecule has 112 valence electrons. The Morgan fingerprint density at radius 2 is 1.64 bits per heavy atom. The van der Waals surface area contributed by atoms with Crippen LogP contribution in [0.4, 0.5) is 0 Å². The minimum atomic E-state index is -0.418. The average molecular weight is 297 g/mol. The number of benzene rings is 1. The lowest BCUT2D eigenvalue weighted by Crippen LogP contribution is -2.04. The lowest BCUT2D eigenvalue weighted by atomic mass is 10.1. The molecule has 0 spiro atoms. The third-order valence-electron chi connectivity index (χ3n) is 2.66. The van der Waals surface area contributed by atoms with Crippen molar-refractivity contribution in [2.24, 2.45) is 0 Å². The van der Waals surface area contributed by atoms with Crippen molar-refractivity contribution in [1.82, 2.24) is 4.98 Å². The van der Waals surface area contributed by atoms with Crippen LogP contribution in [-0.2, 0) is 9.59 Å². The number of ether oxygens (including phenoxy) is 2. The summed E-state index contributed by atoms with van der Waals surface area (Å²) in [5.41, 5.74) is 1.58. The largest absolute Gasteiger partial charge is 0.427 e. The molecule has 22 heavy (non-hydrogen) atoms. The summed E-state index contributed by atoms with van der Waals surface area (Å²) < 4.78 is 10.2. The van der Waals surface area contributed by atoms with Gasteiger partial charge in [0.2, 0.25) is 0 Å². The zero-order valence-electron chi connectivity index (χ0n) is 12.3. The van der Waals surface area contributed by atoms with E-state index in [-0.39, 0.29) is 0 Å². The van der Waals surface area contributed by atoms with Gasteiger partial charge in [0, 0.05) is 31.8 Å². The third-order valence-corrected chi connectivity index (χ3v) is 2.66. The molecule has 0 fully saturated rings. The van der Waals surface area contributed by atoms with Crippen LogP contribution in [0.1, 0.15) is 25.0 Å². The van der Waals surface area contributed by atoms with Crippen LogP contribution in [0, 0.1) is 0 Å². The van der Waals surface area contributed by atoms with Crippen molar-refractivity contribution in [2.75, 3.05) is 0 Å². The summed E-state index contributed by atoms with van der Waals surface area (Å²) in [6.07, 6.45) is 6.99. The van der Waals surface area contributed by atoms with Crippen LogP contribution in [0.3, 0.4) is 0 Å². The van der Waals surface area contributed by atoms with Crippen LogP contribution in [0.5, 0.6) is 11.5 Å². The molecule has 2 aromatic rings. The van der Waals surface area contributed by atoms with Gasteiger partial charge in [0.15, 0.2) is 0 Å². The summed E-state index contributed by atoms with van der Waals surface area (Å²) >= 11 is 0. The molecule has 0 saturated carbocycles. The topological polar surface area (TPSA) is 65.5 Å². The highest BCUT2D eigenvalue weighted by Gasteiger charge is 2.07. The molecule has 0 aliphatic heterocycles. The zero-order valence-corrected chi connectivity index (χ0v) is 12.3. The van der Waals surface area contributed by atoms with Gasteiger partial charge >= 0.3 is 11.9 Å². The third kappa shape index (κ3) is 4.56. The Balaban J connectivity index is 2.33. The van der Waals surface area contributed by atoms with E-state index in [4.69, 9.17) is 9.47 Å². The normalized spacial score (nSPS) is 10.5. The first-order valence-electron chi connectivity index (χ1n) is 6.63. The Hall–Kier alpha value is -2.95. The van der Waals surface area contributed by atoms with Crippen LogP contribution in [0.15, 0.2) is 42.7 Å². The smallest absolute Gasteiger partial charge is 0.308 e. The fraction of sp³-hybridized carbons (Fsp3) is 0.118. The van der Waals surface area contributed by atoms with Gasteiger partial charge in [-0.3, -0.25) is 14.6 Å². The highest BCUT2D eigenvalue weighted by atomic mass is 16.5. The molecule has 5 heteroatoms. The molecule has 0 unspecified atom stereocenters. The first kappa shape index (κ1) is 15.4. The van der Waals surface area contributed by atoms with Crippen molar-refractivity contribution in [3.63, 3.8) is 0 Å². The molecule has 0 radical (unpaired) electrons. The molecule has 0 amide bonds. The molecule has 0 aliphatic rings. The molecule has 1 heterocycles. The van der Waals surface area contributed by atoms with Crippen LogP contribution < -0.4 is 9.47 Å². The van der Waals surface area contributed by atoms with E-state index in [1.165, 1.54) is 13.8 Å². The zero-order chi connectivity index (χ0) is 15.9. The highest BCUT2D eigenvalue weighted by Crippen LogP contribution is 2.26. The minimum Gasteiger partial charge on any atom is -0.427 e. The Morgan fingerprint density at radius 1 is 0.955 bits per heavy atom. The Labute approximate surface area is 128 Å². The predicted octanol–water partition coefficient (Wildman–Crippen LogP) is 3.10. The van der Waals surface area contributed by atoms with E-state index in [1.807, 2.05) is 18.2 Å². The standard InChI is InChI=1S/C17H15NO4/c1-12(19)21-16-5-6-17(22-13(2)20)15(11-16)4-3-14-7-9-18-10-8-14/h3-11H,1-2H3/b4-3+. The summed E-state index contributed by atoms with van der Waals surface area (Å²) in [5, 5.41) is 0. The van der Waals surface area contributed by atoms with E-state index in [2.05, 4.69) is 4.98 Å². The van der Waals surface area contributed by atoms with E-state index in [0.717, 1.165) is 5.56 Å². The summed E-state index contributed by atoms with van der Waals surface area (Å²) in [7, 11) is 0. The molecule has 1 aromatic heterocycles.